The molecule has 2 heterocycles. The minimum atomic E-state index is -0.0488. The average molecular weight is 308 g/mol. The van der Waals surface area contributed by atoms with Gasteiger partial charge in [-0.05, 0) is 37.5 Å². The van der Waals surface area contributed by atoms with Crippen LogP contribution < -0.4 is 10.6 Å². The highest BCUT2D eigenvalue weighted by Crippen LogP contribution is 2.39. The molecule has 1 fully saturated rings. The Balaban J connectivity index is 1.91. The van der Waals surface area contributed by atoms with Crippen molar-refractivity contribution in [3.8, 4) is 0 Å². The summed E-state index contributed by atoms with van der Waals surface area (Å²) in [5.41, 5.74) is 7.16. The van der Waals surface area contributed by atoms with Crippen molar-refractivity contribution in [1.29, 1.82) is 0 Å². The molecule has 2 aliphatic rings. The summed E-state index contributed by atoms with van der Waals surface area (Å²) in [5.74, 6) is 0.592. The fraction of sp³-hybridized carbons (Fsp3) is 0.562. The molecule has 2 unspecified atom stereocenters. The van der Waals surface area contributed by atoms with Crippen LogP contribution >= 0.6 is 11.6 Å². The lowest BCUT2D eigenvalue weighted by Crippen LogP contribution is -2.56. The van der Waals surface area contributed by atoms with Gasteiger partial charge in [0.25, 0.3) is 0 Å². The lowest BCUT2D eigenvalue weighted by Gasteiger charge is -2.44. The molecular formula is C16H22ClN3O. The second-order valence-corrected chi connectivity index (χ2v) is 6.39. The van der Waals surface area contributed by atoms with Crippen molar-refractivity contribution in [2.45, 2.75) is 44.2 Å². The number of halogens is 1. The van der Waals surface area contributed by atoms with Crippen LogP contribution in [0.25, 0.3) is 0 Å². The van der Waals surface area contributed by atoms with Crippen molar-refractivity contribution in [3.05, 3.63) is 29.3 Å². The SMILES string of the molecule is CCCC1CC2(CCO1)CN=C(N)N2c1cccc(Cl)c1. The van der Waals surface area contributed by atoms with Gasteiger partial charge in [-0.1, -0.05) is 31.0 Å². The first-order valence-corrected chi connectivity index (χ1v) is 8.00. The minimum Gasteiger partial charge on any atom is -0.378 e. The maximum atomic E-state index is 6.18. The van der Waals surface area contributed by atoms with Crippen LogP contribution in [0.5, 0.6) is 0 Å². The van der Waals surface area contributed by atoms with Crippen molar-refractivity contribution in [1.82, 2.24) is 0 Å². The Morgan fingerprint density at radius 2 is 2.38 bits per heavy atom. The summed E-state index contributed by atoms with van der Waals surface area (Å²) in [6, 6.07) is 7.84. The Hall–Kier alpha value is -1.26. The Bertz CT molecular complexity index is 546. The third-order valence-corrected chi connectivity index (χ3v) is 4.68. The Morgan fingerprint density at radius 3 is 3.14 bits per heavy atom. The van der Waals surface area contributed by atoms with E-state index >= 15 is 0 Å². The summed E-state index contributed by atoms with van der Waals surface area (Å²) < 4.78 is 5.90. The first-order valence-electron chi connectivity index (χ1n) is 7.62. The topological polar surface area (TPSA) is 50.9 Å². The quantitative estimate of drug-likeness (QED) is 0.933. The summed E-state index contributed by atoms with van der Waals surface area (Å²) in [6.07, 6.45) is 4.44. The van der Waals surface area contributed by atoms with Crippen molar-refractivity contribution in [2.24, 2.45) is 10.7 Å². The van der Waals surface area contributed by atoms with Crippen LogP contribution in [-0.2, 0) is 4.74 Å². The van der Waals surface area contributed by atoms with Crippen LogP contribution in [0.3, 0.4) is 0 Å². The molecule has 4 nitrogen and oxygen atoms in total. The number of anilines is 1. The van der Waals surface area contributed by atoms with Crippen molar-refractivity contribution in [3.63, 3.8) is 0 Å². The predicted octanol–water partition coefficient (Wildman–Crippen LogP) is 3.19. The summed E-state index contributed by atoms with van der Waals surface area (Å²) in [6.45, 7) is 3.71. The van der Waals surface area contributed by atoms with E-state index in [1.165, 1.54) is 0 Å². The highest BCUT2D eigenvalue weighted by atomic mass is 35.5. The van der Waals surface area contributed by atoms with Crippen LogP contribution in [0, 0.1) is 0 Å². The standard InChI is InChI=1S/C16H22ClN3O/c1-2-4-14-10-16(7-8-21-14)11-19-15(18)20(16)13-6-3-5-12(17)9-13/h3,5-6,9,14H,2,4,7-8,10-11H2,1H3,(H2,18,19). The highest BCUT2D eigenvalue weighted by Gasteiger charge is 2.46. The molecule has 0 bridgehead atoms. The van der Waals surface area contributed by atoms with Gasteiger partial charge in [-0.3, -0.25) is 4.99 Å². The molecule has 0 saturated carbocycles. The van der Waals surface area contributed by atoms with Gasteiger partial charge in [-0.2, -0.15) is 0 Å². The summed E-state index contributed by atoms with van der Waals surface area (Å²) in [5, 5.41) is 0.722. The zero-order chi connectivity index (χ0) is 14.9. The minimum absolute atomic E-state index is 0.0488. The molecule has 0 aliphatic carbocycles. The zero-order valence-corrected chi connectivity index (χ0v) is 13.1. The molecule has 114 valence electrons. The van der Waals surface area contributed by atoms with Gasteiger partial charge in [0.15, 0.2) is 5.96 Å². The van der Waals surface area contributed by atoms with Gasteiger partial charge in [-0.15, -0.1) is 0 Å². The Kier molecular flexibility index (Phi) is 4.09. The molecule has 2 N–H and O–H groups in total. The molecule has 5 heteroatoms. The van der Waals surface area contributed by atoms with Gasteiger partial charge in [0, 0.05) is 17.3 Å². The fourth-order valence-electron chi connectivity index (χ4n) is 3.49. The first-order chi connectivity index (χ1) is 10.1. The third-order valence-electron chi connectivity index (χ3n) is 4.44. The number of hydrogen-bond donors (Lipinski definition) is 1. The number of hydrogen-bond acceptors (Lipinski definition) is 4. The first kappa shape index (κ1) is 14.7. The fourth-order valence-corrected chi connectivity index (χ4v) is 3.67. The lowest BCUT2D eigenvalue weighted by atomic mass is 9.84. The van der Waals surface area contributed by atoms with E-state index in [4.69, 9.17) is 22.1 Å². The van der Waals surface area contributed by atoms with Gasteiger partial charge < -0.3 is 15.4 Å². The Morgan fingerprint density at radius 1 is 1.52 bits per heavy atom. The molecule has 1 saturated heterocycles. The molecule has 2 atom stereocenters. The van der Waals surface area contributed by atoms with E-state index in [1.807, 2.05) is 24.3 Å². The second-order valence-electron chi connectivity index (χ2n) is 5.95. The van der Waals surface area contributed by atoms with Crippen LogP contribution in [0.4, 0.5) is 5.69 Å². The summed E-state index contributed by atoms with van der Waals surface area (Å²) in [7, 11) is 0. The van der Waals surface area contributed by atoms with Gasteiger partial charge in [0.2, 0.25) is 0 Å². The maximum absolute atomic E-state index is 6.18. The van der Waals surface area contributed by atoms with E-state index in [0.717, 1.165) is 49.5 Å². The normalized spacial score (nSPS) is 29.0. The monoisotopic (exact) mass is 307 g/mol. The maximum Gasteiger partial charge on any atom is 0.196 e. The summed E-state index contributed by atoms with van der Waals surface area (Å²) in [4.78, 5) is 6.69. The van der Waals surface area contributed by atoms with Crippen LogP contribution in [-0.4, -0.2) is 30.8 Å². The van der Waals surface area contributed by atoms with Crippen molar-refractivity contribution in [2.75, 3.05) is 18.1 Å². The molecule has 0 aromatic heterocycles. The molecule has 0 amide bonds. The van der Waals surface area contributed by atoms with Gasteiger partial charge in [0.05, 0.1) is 18.2 Å². The number of nitrogens with two attached hydrogens (primary N) is 1. The summed E-state index contributed by atoms with van der Waals surface area (Å²) >= 11 is 6.14. The molecule has 2 aliphatic heterocycles. The second kappa shape index (κ2) is 5.85. The van der Waals surface area contributed by atoms with Crippen molar-refractivity contribution >= 4 is 23.2 Å². The van der Waals surface area contributed by atoms with Crippen LogP contribution in [0.2, 0.25) is 5.02 Å². The van der Waals surface area contributed by atoms with Gasteiger partial charge in [-0.25, -0.2) is 0 Å². The third kappa shape index (κ3) is 2.74. The number of guanidine groups is 1. The zero-order valence-electron chi connectivity index (χ0n) is 12.4. The van der Waals surface area contributed by atoms with E-state index < -0.39 is 0 Å². The number of ether oxygens (including phenoxy) is 1. The van der Waals surface area contributed by atoms with Crippen LogP contribution in [0.1, 0.15) is 32.6 Å². The van der Waals surface area contributed by atoms with E-state index in [0.29, 0.717) is 12.1 Å². The average Bonchev–Trinajstić information content (AvgIpc) is 2.76. The molecule has 1 aromatic carbocycles. The predicted molar refractivity (Wildman–Crippen MR) is 87.0 cm³/mol. The van der Waals surface area contributed by atoms with E-state index in [9.17, 15) is 0 Å². The van der Waals surface area contributed by atoms with Crippen molar-refractivity contribution < 1.29 is 4.74 Å². The number of nitrogens with zero attached hydrogens (tertiary/aromatic N) is 2. The number of benzene rings is 1. The number of aliphatic imine (C=N–C) groups is 1. The molecule has 3 rings (SSSR count). The molecule has 21 heavy (non-hydrogen) atoms. The smallest absolute Gasteiger partial charge is 0.196 e. The molecule has 1 aromatic rings. The number of rotatable bonds is 3. The lowest BCUT2D eigenvalue weighted by molar-refractivity contribution is -0.0180. The van der Waals surface area contributed by atoms with Crippen LogP contribution in [0.15, 0.2) is 29.3 Å². The largest absolute Gasteiger partial charge is 0.378 e. The van der Waals surface area contributed by atoms with E-state index in [2.05, 4.69) is 16.8 Å². The van der Waals surface area contributed by atoms with E-state index in [-0.39, 0.29) is 5.54 Å². The Labute approximate surface area is 130 Å². The van der Waals surface area contributed by atoms with Gasteiger partial charge in [0.1, 0.15) is 0 Å². The highest BCUT2D eigenvalue weighted by molar-refractivity contribution is 6.31. The molecular weight excluding hydrogens is 286 g/mol. The molecule has 0 radical (unpaired) electrons. The van der Waals surface area contributed by atoms with Gasteiger partial charge >= 0.3 is 0 Å². The van der Waals surface area contributed by atoms with E-state index in [1.54, 1.807) is 0 Å². The molecule has 1 spiro atoms.